The van der Waals surface area contributed by atoms with Crippen LogP contribution in [-0.2, 0) is 14.3 Å². The number of carbonyl (C=O) groups excluding carboxylic acids is 1. The van der Waals surface area contributed by atoms with Gasteiger partial charge in [-0.05, 0) is 31.0 Å². The predicted molar refractivity (Wildman–Crippen MR) is 75.3 cm³/mol. The molecule has 1 aromatic rings. The number of nitrogens with one attached hydrogen (secondary N) is 1. The predicted octanol–water partition coefficient (Wildman–Crippen LogP) is 2.27. The zero-order chi connectivity index (χ0) is 14.3. The highest BCUT2D eigenvalue weighted by Gasteiger charge is 2.55. The molecule has 2 N–H and O–H groups in total. The van der Waals surface area contributed by atoms with Gasteiger partial charge in [-0.3, -0.25) is 9.59 Å². The number of carboxylic acid groups (broad SMARTS) is 1. The monoisotopic (exact) mass is 339 g/mol. The summed E-state index contributed by atoms with van der Waals surface area (Å²) in [5, 5.41) is 12.1. The van der Waals surface area contributed by atoms with Gasteiger partial charge < -0.3 is 15.2 Å². The number of hydrogen-bond donors (Lipinski definition) is 2. The molecule has 0 radical (unpaired) electrons. The molecule has 4 atom stereocenters. The molecule has 1 aromatic carbocycles. The first-order chi connectivity index (χ1) is 9.56. The van der Waals surface area contributed by atoms with Gasteiger partial charge in [-0.15, -0.1) is 0 Å². The molecule has 2 heterocycles. The molecule has 2 aliphatic heterocycles. The highest BCUT2D eigenvalue weighted by Crippen LogP contribution is 2.44. The van der Waals surface area contributed by atoms with Gasteiger partial charge in [0.1, 0.15) is 0 Å². The third-order valence-electron chi connectivity index (χ3n) is 3.95. The maximum absolute atomic E-state index is 12.4. The summed E-state index contributed by atoms with van der Waals surface area (Å²) in [5.74, 6) is -2.57. The topological polar surface area (TPSA) is 75.6 Å². The third-order valence-corrected chi connectivity index (χ3v) is 4.45. The highest BCUT2D eigenvalue weighted by atomic mass is 79.9. The molecular weight excluding hydrogens is 326 g/mol. The Labute approximate surface area is 124 Å². The van der Waals surface area contributed by atoms with E-state index >= 15 is 0 Å². The highest BCUT2D eigenvalue weighted by molar-refractivity contribution is 9.10. The SMILES string of the molecule is O=C(O)[C@@H]1[C@H](C(=O)Nc2cccc(Br)c2)[C@H]2CC[C@H]1O2. The molecule has 1 amide bonds. The van der Waals surface area contributed by atoms with Crippen molar-refractivity contribution in [2.45, 2.75) is 25.0 Å². The number of anilines is 1. The van der Waals surface area contributed by atoms with E-state index in [2.05, 4.69) is 21.2 Å². The summed E-state index contributed by atoms with van der Waals surface area (Å²) in [7, 11) is 0. The minimum Gasteiger partial charge on any atom is -0.481 e. The number of fused-ring (bicyclic) bond motifs is 2. The second-order valence-corrected chi connectivity index (χ2v) is 6.10. The van der Waals surface area contributed by atoms with Crippen molar-refractivity contribution in [1.82, 2.24) is 0 Å². The van der Waals surface area contributed by atoms with Gasteiger partial charge >= 0.3 is 5.97 Å². The van der Waals surface area contributed by atoms with Crippen LogP contribution in [0.5, 0.6) is 0 Å². The number of carboxylic acids is 1. The number of benzene rings is 1. The largest absolute Gasteiger partial charge is 0.481 e. The van der Waals surface area contributed by atoms with Crippen LogP contribution in [0.4, 0.5) is 5.69 Å². The van der Waals surface area contributed by atoms with Gasteiger partial charge in [-0.25, -0.2) is 0 Å². The average Bonchev–Trinajstić information content (AvgIpc) is 2.98. The smallest absolute Gasteiger partial charge is 0.310 e. The third kappa shape index (κ3) is 2.33. The summed E-state index contributed by atoms with van der Waals surface area (Å²) in [4.78, 5) is 23.7. The van der Waals surface area contributed by atoms with Crippen LogP contribution in [0, 0.1) is 11.8 Å². The standard InChI is InChI=1S/C14H14BrNO4/c15-7-2-1-3-8(6-7)16-13(17)11-9-4-5-10(20-9)12(11)14(18)19/h1-3,6,9-12H,4-5H2,(H,16,17)(H,18,19)/t9-,10-,11-,12+/m1/s1. The molecule has 0 unspecified atom stereocenters. The molecule has 6 heteroatoms. The van der Waals surface area contributed by atoms with Gasteiger partial charge in [-0.2, -0.15) is 0 Å². The summed E-state index contributed by atoms with van der Waals surface area (Å²) in [6.45, 7) is 0. The minimum atomic E-state index is -0.952. The zero-order valence-electron chi connectivity index (χ0n) is 10.6. The number of hydrogen-bond acceptors (Lipinski definition) is 3. The molecule has 5 nitrogen and oxygen atoms in total. The lowest BCUT2D eigenvalue weighted by atomic mass is 9.78. The quantitative estimate of drug-likeness (QED) is 0.885. The fourth-order valence-electron chi connectivity index (χ4n) is 3.12. The summed E-state index contributed by atoms with van der Waals surface area (Å²) in [6.07, 6.45) is 0.886. The first kappa shape index (κ1) is 13.6. The maximum Gasteiger partial charge on any atom is 0.310 e. The lowest BCUT2D eigenvalue weighted by Crippen LogP contribution is -2.40. The Kier molecular flexibility index (Phi) is 3.52. The summed E-state index contributed by atoms with van der Waals surface area (Å²) >= 11 is 3.33. The number of aliphatic carboxylic acids is 1. The molecule has 20 heavy (non-hydrogen) atoms. The van der Waals surface area contributed by atoms with Crippen molar-refractivity contribution in [2.75, 3.05) is 5.32 Å². The first-order valence-electron chi connectivity index (χ1n) is 6.51. The number of carbonyl (C=O) groups is 2. The van der Waals surface area contributed by atoms with Crippen molar-refractivity contribution >= 4 is 33.5 Å². The first-order valence-corrected chi connectivity index (χ1v) is 7.30. The summed E-state index contributed by atoms with van der Waals surface area (Å²) in [5.41, 5.74) is 0.649. The summed E-state index contributed by atoms with van der Waals surface area (Å²) in [6, 6.07) is 7.22. The van der Waals surface area contributed by atoms with Crippen molar-refractivity contribution in [3.8, 4) is 0 Å². The van der Waals surface area contributed by atoms with Gasteiger partial charge in [0, 0.05) is 10.2 Å². The number of rotatable bonds is 3. The molecule has 2 bridgehead atoms. The molecule has 3 rings (SSSR count). The Balaban J connectivity index is 1.78. The van der Waals surface area contributed by atoms with Gasteiger partial charge in [0.15, 0.2) is 0 Å². The van der Waals surface area contributed by atoms with Crippen LogP contribution in [0.15, 0.2) is 28.7 Å². The Hall–Kier alpha value is -1.40. The molecular formula is C14H14BrNO4. The number of ether oxygens (including phenoxy) is 1. The number of amides is 1. The van der Waals surface area contributed by atoms with E-state index in [0.717, 1.165) is 17.3 Å². The minimum absolute atomic E-state index is 0.270. The van der Waals surface area contributed by atoms with E-state index in [0.29, 0.717) is 5.69 Å². The average molecular weight is 340 g/mol. The van der Waals surface area contributed by atoms with E-state index in [1.165, 1.54) is 0 Å². The fourth-order valence-corrected chi connectivity index (χ4v) is 3.52. The van der Waals surface area contributed by atoms with Crippen LogP contribution in [-0.4, -0.2) is 29.2 Å². The van der Waals surface area contributed by atoms with Gasteiger partial charge in [0.05, 0.1) is 24.0 Å². The molecule has 0 saturated carbocycles. The van der Waals surface area contributed by atoms with E-state index in [-0.39, 0.29) is 18.1 Å². The maximum atomic E-state index is 12.4. The van der Waals surface area contributed by atoms with Gasteiger partial charge in [-0.1, -0.05) is 22.0 Å². The van der Waals surface area contributed by atoms with E-state index < -0.39 is 17.8 Å². The van der Waals surface area contributed by atoms with E-state index in [1.54, 1.807) is 12.1 Å². The lowest BCUT2D eigenvalue weighted by molar-refractivity contribution is -0.147. The second kappa shape index (κ2) is 5.18. The molecule has 0 aromatic heterocycles. The number of halogens is 1. The van der Waals surface area contributed by atoms with Crippen LogP contribution in [0.2, 0.25) is 0 Å². The fraction of sp³-hybridized carbons (Fsp3) is 0.429. The Morgan fingerprint density at radius 1 is 1.25 bits per heavy atom. The van der Waals surface area contributed by atoms with E-state index in [9.17, 15) is 14.7 Å². The van der Waals surface area contributed by atoms with Crippen LogP contribution in [0.3, 0.4) is 0 Å². The zero-order valence-corrected chi connectivity index (χ0v) is 12.2. The van der Waals surface area contributed by atoms with Gasteiger partial charge in [0.2, 0.25) is 5.91 Å². The van der Waals surface area contributed by atoms with Crippen molar-refractivity contribution < 1.29 is 19.4 Å². The van der Waals surface area contributed by atoms with Crippen LogP contribution in [0.1, 0.15) is 12.8 Å². The van der Waals surface area contributed by atoms with E-state index in [1.807, 2.05) is 12.1 Å². The molecule has 106 valence electrons. The normalized spacial score (nSPS) is 31.2. The van der Waals surface area contributed by atoms with Gasteiger partial charge in [0.25, 0.3) is 0 Å². The lowest BCUT2D eigenvalue weighted by Gasteiger charge is -2.23. The summed E-state index contributed by atoms with van der Waals surface area (Å²) < 4.78 is 6.45. The second-order valence-electron chi connectivity index (χ2n) is 5.18. The molecule has 0 aliphatic carbocycles. The Morgan fingerprint density at radius 2 is 1.95 bits per heavy atom. The van der Waals surface area contributed by atoms with E-state index in [4.69, 9.17) is 4.74 Å². The molecule has 2 aliphatic rings. The molecule has 2 saturated heterocycles. The van der Waals surface area contributed by atoms with Crippen molar-refractivity contribution in [3.63, 3.8) is 0 Å². The molecule has 2 fully saturated rings. The van der Waals surface area contributed by atoms with Crippen LogP contribution >= 0.6 is 15.9 Å². The Morgan fingerprint density at radius 3 is 2.60 bits per heavy atom. The molecule has 0 spiro atoms. The van der Waals surface area contributed by atoms with Crippen LogP contribution in [0.25, 0.3) is 0 Å². The van der Waals surface area contributed by atoms with Crippen molar-refractivity contribution in [1.29, 1.82) is 0 Å². The van der Waals surface area contributed by atoms with Crippen molar-refractivity contribution in [3.05, 3.63) is 28.7 Å². The van der Waals surface area contributed by atoms with Crippen LogP contribution < -0.4 is 5.32 Å². The Bertz CT molecular complexity index is 562. The van der Waals surface area contributed by atoms with Crippen molar-refractivity contribution in [2.24, 2.45) is 11.8 Å².